The summed E-state index contributed by atoms with van der Waals surface area (Å²) >= 11 is 1.54. The number of aromatic amines is 1. The van der Waals surface area contributed by atoms with Crippen molar-refractivity contribution >= 4 is 11.8 Å². The maximum atomic E-state index is 12.8. The average Bonchev–Trinajstić information content (AvgIpc) is 2.47. The molecule has 1 aliphatic carbocycles. The van der Waals surface area contributed by atoms with Crippen LogP contribution in [0.3, 0.4) is 0 Å². The minimum atomic E-state index is -0.241. The molecule has 1 heterocycles. The zero-order valence-corrected chi connectivity index (χ0v) is 11.8. The fourth-order valence-corrected chi connectivity index (χ4v) is 3.17. The number of aryl methyl sites for hydroxylation is 1. The summed E-state index contributed by atoms with van der Waals surface area (Å²) in [6.45, 7) is 0. The van der Waals surface area contributed by atoms with Crippen molar-refractivity contribution in [2.45, 2.75) is 36.3 Å². The number of nitrogens with one attached hydrogen (secondary N) is 1. The lowest BCUT2D eigenvalue weighted by molar-refractivity contribution is 0.626. The van der Waals surface area contributed by atoms with Crippen molar-refractivity contribution in [3.63, 3.8) is 0 Å². The monoisotopic (exact) mass is 290 g/mol. The van der Waals surface area contributed by atoms with Crippen LogP contribution in [0.1, 0.15) is 29.9 Å². The molecule has 0 atom stereocenters. The van der Waals surface area contributed by atoms with Gasteiger partial charge in [0.15, 0.2) is 0 Å². The number of aromatic nitrogens is 2. The van der Waals surface area contributed by atoms with E-state index in [9.17, 15) is 9.18 Å². The molecule has 1 aromatic carbocycles. The Morgan fingerprint density at radius 2 is 1.95 bits per heavy atom. The van der Waals surface area contributed by atoms with Gasteiger partial charge < -0.3 is 4.98 Å². The van der Waals surface area contributed by atoms with Crippen molar-refractivity contribution < 1.29 is 4.39 Å². The Labute approximate surface area is 120 Å². The standard InChI is InChI=1S/C15H15FN2OS/c16-10-5-7-11(8-6-10)20-9-14-17-13-4-2-1-3-12(13)15(19)18-14/h5-8H,1-4,9H2,(H,17,18,19). The number of rotatable bonds is 3. The van der Waals surface area contributed by atoms with Crippen LogP contribution in [0, 0.1) is 5.82 Å². The van der Waals surface area contributed by atoms with Crippen LogP contribution in [-0.2, 0) is 18.6 Å². The number of halogens is 1. The van der Waals surface area contributed by atoms with Gasteiger partial charge in [-0.25, -0.2) is 9.37 Å². The highest BCUT2D eigenvalue weighted by molar-refractivity contribution is 7.98. The Bertz CT molecular complexity index is 667. The average molecular weight is 290 g/mol. The third kappa shape index (κ3) is 2.93. The Balaban J connectivity index is 1.76. The maximum Gasteiger partial charge on any atom is 0.254 e. The van der Waals surface area contributed by atoms with Gasteiger partial charge in [0.2, 0.25) is 0 Å². The summed E-state index contributed by atoms with van der Waals surface area (Å²) in [5.74, 6) is 1.05. The molecule has 3 nitrogen and oxygen atoms in total. The maximum absolute atomic E-state index is 12.8. The highest BCUT2D eigenvalue weighted by Crippen LogP contribution is 2.22. The summed E-state index contributed by atoms with van der Waals surface area (Å²) in [5, 5.41) is 0. The SMILES string of the molecule is O=c1[nH]c(CSc2ccc(F)cc2)nc2c1CCCC2. The zero-order valence-electron chi connectivity index (χ0n) is 11.0. The van der Waals surface area contributed by atoms with Gasteiger partial charge in [0, 0.05) is 10.5 Å². The molecule has 0 spiro atoms. The fourth-order valence-electron chi connectivity index (χ4n) is 2.41. The van der Waals surface area contributed by atoms with E-state index in [0.29, 0.717) is 11.6 Å². The molecule has 2 aromatic rings. The van der Waals surface area contributed by atoms with Crippen LogP contribution in [0.15, 0.2) is 34.0 Å². The Morgan fingerprint density at radius 3 is 2.75 bits per heavy atom. The molecule has 0 saturated carbocycles. The zero-order chi connectivity index (χ0) is 13.9. The molecule has 1 aliphatic rings. The van der Waals surface area contributed by atoms with Crippen molar-refractivity contribution in [2.24, 2.45) is 0 Å². The summed E-state index contributed by atoms with van der Waals surface area (Å²) < 4.78 is 12.8. The van der Waals surface area contributed by atoms with Crippen LogP contribution in [0.4, 0.5) is 4.39 Å². The molecule has 3 rings (SSSR count). The van der Waals surface area contributed by atoms with Gasteiger partial charge in [0.1, 0.15) is 11.6 Å². The van der Waals surface area contributed by atoms with Gasteiger partial charge in [0.25, 0.3) is 5.56 Å². The molecule has 20 heavy (non-hydrogen) atoms. The van der Waals surface area contributed by atoms with Crippen LogP contribution < -0.4 is 5.56 Å². The largest absolute Gasteiger partial charge is 0.310 e. The first-order valence-corrected chi connectivity index (χ1v) is 7.70. The minimum absolute atomic E-state index is 0.00408. The van der Waals surface area contributed by atoms with Crippen LogP contribution in [0.25, 0.3) is 0 Å². The van der Waals surface area contributed by atoms with Gasteiger partial charge in [-0.2, -0.15) is 0 Å². The van der Waals surface area contributed by atoms with Crippen molar-refractivity contribution in [2.75, 3.05) is 0 Å². The fraction of sp³-hybridized carbons (Fsp3) is 0.333. The number of thioether (sulfide) groups is 1. The molecule has 0 fully saturated rings. The second-order valence-electron chi connectivity index (χ2n) is 4.89. The molecule has 0 unspecified atom stereocenters. The Kier molecular flexibility index (Phi) is 3.87. The van der Waals surface area contributed by atoms with E-state index in [1.54, 1.807) is 23.9 Å². The first kappa shape index (κ1) is 13.4. The highest BCUT2D eigenvalue weighted by Gasteiger charge is 2.15. The molecule has 0 amide bonds. The number of fused-ring (bicyclic) bond motifs is 1. The smallest absolute Gasteiger partial charge is 0.254 e. The third-order valence-electron chi connectivity index (χ3n) is 3.43. The predicted molar refractivity (Wildman–Crippen MR) is 77.5 cm³/mol. The molecule has 5 heteroatoms. The number of hydrogen-bond acceptors (Lipinski definition) is 3. The van der Waals surface area contributed by atoms with Crippen LogP contribution in [0.2, 0.25) is 0 Å². The lowest BCUT2D eigenvalue weighted by Crippen LogP contribution is -2.22. The number of hydrogen-bond donors (Lipinski definition) is 1. The number of benzene rings is 1. The predicted octanol–water partition coefficient (Wildman–Crippen LogP) is 3.08. The van der Waals surface area contributed by atoms with Gasteiger partial charge >= 0.3 is 0 Å². The van der Waals surface area contributed by atoms with E-state index in [2.05, 4.69) is 9.97 Å². The molecule has 104 valence electrons. The summed E-state index contributed by atoms with van der Waals surface area (Å²) in [7, 11) is 0. The molecule has 1 N–H and O–H groups in total. The third-order valence-corrected chi connectivity index (χ3v) is 4.45. The first-order chi connectivity index (χ1) is 9.72. The highest BCUT2D eigenvalue weighted by atomic mass is 32.2. The summed E-state index contributed by atoms with van der Waals surface area (Å²) in [6, 6.07) is 6.34. The lowest BCUT2D eigenvalue weighted by Gasteiger charge is -2.14. The van der Waals surface area contributed by atoms with Crippen molar-refractivity contribution in [3.05, 3.63) is 57.5 Å². The molecule has 0 aliphatic heterocycles. The van der Waals surface area contributed by atoms with Crippen molar-refractivity contribution in [1.82, 2.24) is 9.97 Å². The number of H-pyrrole nitrogens is 1. The van der Waals surface area contributed by atoms with Crippen molar-refractivity contribution in [3.8, 4) is 0 Å². The Hall–Kier alpha value is -1.62. The minimum Gasteiger partial charge on any atom is -0.310 e. The van der Waals surface area contributed by atoms with Crippen LogP contribution in [0.5, 0.6) is 0 Å². The van der Waals surface area contributed by atoms with Gasteiger partial charge in [-0.3, -0.25) is 4.79 Å². The van der Waals surface area contributed by atoms with Gasteiger partial charge in [0.05, 0.1) is 11.4 Å². The second kappa shape index (κ2) is 5.79. The van der Waals surface area contributed by atoms with E-state index >= 15 is 0 Å². The van der Waals surface area contributed by atoms with E-state index in [4.69, 9.17) is 0 Å². The van der Waals surface area contributed by atoms with E-state index in [-0.39, 0.29) is 11.4 Å². The summed E-state index contributed by atoms with van der Waals surface area (Å²) in [4.78, 5) is 20.4. The van der Waals surface area contributed by atoms with E-state index in [0.717, 1.165) is 41.8 Å². The van der Waals surface area contributed by atoms with Crippen molar-refractivity contribution in [1.29, 1.82) is 0 Å². The van der Waals surface area contributed by atoms with Gasteiger partial charge in [-0.1, -0.05) is 0 Å². The van der Waals surface area contributed by atoms with Gasteiger partial charge in [-0.05, 0) is 49.9 Å². The normalized spacial score (nSPS) is 14.1. The number of nitrogens with zero attached hydrogens (tertiary/aromatic N) is 1. The van der Waals surface area contributed by atoms with Gasteiger partial charge in [-0.15, -0.1) is 11.8 Å². The lowest BCUT2D eigenvalue weighted by atomic mass is 9.97. The van der Waals surface area contributed by atoms with E-state index < -0.39 is 0 Å². The molecule has 0 radical (unpaired) electrons. The van der Waals surface area contributed by atoms with Crippen LogP contribution in [-0.4, -0.2) is 9.97 Å². The summed E-state index contributed by atoms with van der Waals surface area (Å²) in [5.41, 5.74) is 1.81. The topological polar surface area (TPSA) is 45.8 Å². The molecule has 1 aromatic heterocycles. The quantitative estimate of drug-likeness (QED) is 0.884. The van der Waals surface area contributed by atoms with E-state index in [1.165, 1.54) is 12.1 Å². The molecule has 0 saturated heterocycles. The first-order valence-electron chi connectivity index (χ1n) is 6.72. The Morgan fingerprint density at radius 1 is 1.20 bits per heavy atom. The molecular weight excluding hydrogens is 275 g/mol. The summed E-state index contributed by atoms with van der Waals surface area (Å²) in [6.07, 6.45) is 3.91. The van der Waals surface area contributed by atoms with E-state index in [1.807, 2.05) is 0 Å². The van der Waals surface area contributed by atoms with Crippen LogP contribution >= 0.6 is 11.8 Å². The molecular formula is C15H15FN2OS. The second-order valence-corrected chi connectivity index (χ2v) is 5.94. The molecule has 0 bridgehead atoms.